The molecule has 0 aliphatic carbocycles. The number of carbonyl (C=O) groups is 1. The number of aryl methyl sites for hydroxylation is 1. The molecule has 1 atom stereocenters. The fourth-order valence-corrected chi connectivity index (χ4v) is 3.92. The van der Waals surface area contributed by atoms with Crippen LogP contribution >= 0.6 is 0 Å². The average Bonchev–Trinajstić information content (AvgIpc) is 3.32. The maximum absolute atomic E-state index is 12.1. The second kappa shape index (κ2) is 8.14. The highest BCUT2D eigenvalue weighted by atomic mass is 16.5. The van der Waals surface area contributed by atoms with Gasteiger partial charge in [-0.05, 0) is 44.9 Å². The van der Waals surface area contributed by atoms with Crippen molar-refractivity contribution < 1.29 is 9.32 Å². The van der Waals surface area contributed by atoms with Gasteiger partial charge in [0.1, 0.15) is 5.65 Å². The highest BCUT2D eigenvalue weighted by Crippen LogP contribution is 2.28. The van der Waals surface area contributed by atoms with Crippen LogP contribution in [0, 0.1) is 6.92 Å². The second-order valence-corrected chi connectivity index (χ2v) is 7.52. The zero-order valence-electron chi connectivity index (χ0n) is 16.5. The van der Waals surface area contributed by atoms with Gasteiger partial charge in [0.2, 0.25) is 5.76 Å². The number of carbonyl (C=O) groups excluding carboxylic acids is 1. The van der Waals surface area contributed by atoms with E-state index in [0.717, 1.165) is 55.9 Å². The van der Waals surface area contributed by atoms with E-state index in [1.165, 1.54) is 5.69 Å². The molecule has 0 saturated carbocycles. The number of hydrogen-bond acceptors (Lipinski definition) is 5. The molecular formula is C21H27N5O2. The van der Waals surface area contributed by atoms with Crippen molar-refractivity contribution in [3.8, 4) is 0 Å². The van der Waals surface area contributed by atoms with Gasteiger partial charge >= 0.3 is 0 Å². The molecule has 4 rings (SSSR count). The highest BCUT2D eigenvalue weighted by Gasteiger charge is 2.26. The zero-order chi connectivity index (χ0) is 19.5. The molecule has 1 N–H and O–H groups in total. The predicted molar refractivity (Wildman–Crippen MR) is 106 cm³/mol. The lowest BCUT2D eigenvalue weighted by molar-refractivity contribution is 0.0916. The molecule has 1 amide bonds. The van der Waals surface area contributed by atoms with Gasteiger partial charge in [0.25, 0.3) is 5.91 Å². The number of amides is 1. The first-order valence-electron chi connectivity index (χ1n) is 10.1. The van der Waals surface area contributed by atoms with Gasteiger partial charge in [-0.2, -0.15) is 0 Å². The number of pyridine rings is 1. The quantitative estimate of drug-likeness (QED) is 0.710. The summed E-state index contributed by atoms with van der Waals surface area (Å²) < 4.78 is 7.47. The van der Waals surface area contributed by atoms with Gasteiger partial charge in [0.15, 0.2) is 0 Å². The van der Waals surface area contributed by atoms with Crippen molar-refractivity contribution in [2.24, 2.45) is 0 Å². The van der Waals surface area contributed by atoms with Crippen molar-refractivity contribution in [2.45, 2.75) is 45.6 Å². The Hall–Kier alpha value is -2.67. The Kier molecular flexibility index (Phi) is 5.43. The minimum Gasteiger partial charge on any atom is -0.351 e. The molecule has 0 aromatic carbocycles. The molecule has 0 unspecified atom stereocenters. The van der Waals surface area contributed by atoms with E-state index in [2.05, 4.69) is 37.9 Å². The molecule has 0 radical (unpaired) electrons. The Labute approximate surface area is 164 Å². The molecule has 1 aliphatic heterocycles. The number of imidazole rings is 1. The maximum Gasteiger partial charge on any atom is 0.289 e. The van der Waals surface area contributed by atoms with E-state index in [1.54, 1.807) is 6.07 Å². The van der Waals surface area contributed by atoms with Crippen LogP contribution in [0.3, 0.4) is 0 Å². The molecule has 1 aliphatic rings. The molecular weight excluding hydrogens is 354 g/mol. The van der Waals surface area contributed by atoms with Crippen LogP contribution in [0.25, 0.3) is 5.65 Å². The third-order valence-corrected chi connectivity index (χ3v) is 5.41. The van der Waals surface area contributed by atoms with Crippen LogP contribution in [-0.2, 0) is 6.54 Å². The summed E-state index contributed by atoms with van der Waals surface area (Å²) in [6.07, 6.45) is 5.13. The van der Waals surface area contributed by atoms with Gasteiger partial charge in [0, 0.05) is 37.8 Å². The Balaban J connectivity index is 1.45. The van der Waals surface area contributed by atoms with E-state index in [9.17, 15) is 4.79 Å². The summed E-state index contributed by atoms with van der Waals surface area (Å²) in [5.41, 5.74) is 4.17. The topological polar surface area (TPSA) is 75.7 Å². The summed E-state index contributed by atoms with van der Waals surface area (Å²) in [7, 11) is 0. The van der Waals surface area contributed by atoms with Crippen molar-refractivity contribution in [3.63, 3.8) is 0 Å². The number of rotatable bonds is 6. The summed E-state index contributed by atoms with van der Waals surface area (Å²) >= 11 is 0. The minimum absolute atomic E-state index is 0.186. The number of nitrogens with one attached hydrogen (secondary N) is 1. The van der Waals surface area contributed by atoms with Crippen molar-refractivity contribution in [3.05, 3.63) is 53.3 Å². The lowest BCUT2D eigenvalue weighted by Gasteiger charge is -2.31. The molecule has 7 nitrogen and oxygen atoms in total. The first-order chi connectivity index (χ1) is 13.7. The van der Waals surface area contributed by atoms with Crippen LogP contribution < -0.4 is 5.32 Å². The monoisotopic (exact) mass is 381 g/mol. The van der Waals surface area contributed by atoms with Gasteiger partial charge in [-0.15, -0.1) is 0 Å². The van der Waals surface area contributed by atoms with Crippen LogP contribution in [0.4, 0.5) is 0 Å². The SMILES string of the molecule is CCCNC(=O)c1cc([C@@H]2CCCN(Cc3c(C)nc4ccccn34)C2)no1. The summed E-state index contributed by atoms with van der Waals surface area (Å²) in [4.78, 5) is 19.2. The Morgan fingerprint density at radius 2 is 2.29 bits per heavy atom. The first kappa shape index (κ1) is 18.7. The van der Waals surface area contributed by atoms with Gasteiger partial charge in [0.05, 0.1) is 17.1 Å². The van der Waals surface area contributed by atoms with E-state index < -0.39 is 0 Å². The number of hydrogen-bond donors (Lipinski definition) is 1. The fraction of sp³-hybridized carbons (Fsp3) is 0.476. The van der Waals surface area contributed by atoms with Crippen molar-refractivity contribution in [2.75, 3.05) is 19.6 Å². The van der Waals surface area contributed by atoms with E-state index in [4.69, 9.17) is 4.52 Å². The fourth-order valence-electron chi connectivity index (χ4n) is 3.92. The predicted octanol–water partition coefficient (Wildman–Crippen LogP) is 3.15. The second-order valence-electron chi connectivity index (χ2n) is 7.52. The van der Waals surface area contributed by atoms with Crippen molar-refractivity contribution in [1.29, 1.82) is 0 Å². The Morgan fingerprint density at radius 3 is 3.14 bits per heavy atom. The largest absolute Gasteiger partial charge is 0.351 e. The molecule has 3 aromatic rings. The van der Waals surface area contributed by atoms with Crippen LogP contribution in [0.5, 0.6) is 0 Å². The van der Waals surface area contributed by atoms with Gasteiger partial charge in [-0.3, -0.25) is 9.69 Å². The van der Waals surface area contributed by atoms with Crippen molar-refractivity contribution in [1.82, 2.24) is 24.8 Å². The third-order valence-electron chi connectivity index (χ3n) is 5.41. The number of aromatic nitrogens is 3. The average molecular weight is 381 g/mol. The standard InChI is InChI=1S/C21H27N5O2/c1-3-9-22-21(27)19-12-17(24-28-19)16-7-6-10-25(13-16)14-18-15(2)23-20-8-4-5-11-26(18)20/h4-5,8,11-12,16H,3,6-7,9-10,13-14H2,1-2H3,(H,22,27)/t16-/m1/s1. The molecule has 7 heteroatoms. The van der Waals surface area contributed by atoms with Gasteiger partial charge in [-0.1, -0.05) is 18.1 Å². The van der Waals surface area contributed by atoms with Crippen LogP contribution in [-0.4, -0.2) is 45.0 Å². The van der Waals surface area contributed by atoms with Crippen LogP contribution in [0.15, 0.2) is 35.0 Å². The van der Waals surface area contributed by atoms with Crippen LogP contribution in [0.1, 0.15) is 59.7 Å². The lowest BCUT2D eigenvalue weighted by atomic mass is 9.94. The molecule has 0 bridgehead atoms. The number of nitrogens with zero attached hydrogens (tertiary/aromatic N) is 4. The maximum atomic E-state index is 12.1. The smallest absolute Gasteiger partial charge is 0.289 e. The first-order valence-corrected chi connectivity index (χ1v) is 10.1. The molecule has 1 fully saturated rings. The minimum atomic E-state index is -0.186. The number of piperidine rings is 1. The van der Waals surface area contributed by atoms with Crippen LogP contribution in [0.2, 0.25) is 0 Å². The van der Waals surface area contributed by atoms with E-state index in [0.29, 0.717) is 12.3 Å². The summed E-state index contributed by atoms with van der Waals surface area (Å²) in [6, 6.07) is 7.90. The highest BCUT2D eigenvalue weighted by molar-refractivity contribution is 5.91. The number of likely N-dealkylation sites (tertiary alicyclic amines) is 1. The zero-order valence-corrected chi connectivity index (χ0v) is 16.5. The third kappa shape index (κ3) is 3.80. The molecule has 4 heterocycles. The summed E-state index contributed by atoms with van der Waals surface area (Å²) in [5, 5.41) is 7.02. The van der Waals surface area contributed by atoms with Crippen molar-refractivity contribution >= 4 is 11.6 Å². The normalized spacial score (nSPS) is 17.9. The Morgan fingerprint density at radius 1 is 1.39 bits per heavy atom. The Bertz CT molecular complexity index is 961. The lowest BCUT2D eigenvalue weighted by Crippen LogP contribution is -2.34. The van der Waals surface area contributed by atoms with E-state index in [-0.39, 0.29) is 11.8 Å². The molecule has 3 aromatic heterocycles. The molecule has 148 valence electrons. The molecule has 1 saturated heterocycles. The molecule has 28 heavy (non-hydrogen) atoms. The van der Waals surface area contributed by atoms with Gasteiger partial charge < -0.3 is 14.2 Å². The number of fused-ring (bicyclic) bond motifs is 1. The van der Waals surface area contributed by atoms with Gasteiger partial charge in [-0.25, -0.2) is 4.98 Å². The summed E-state index contributed by atoms with van der Waals surface area (Å²) in [5.74, 6) is 0.400. The van der Waals surface area contributed by atoms with E-state index >= 15 is 0 Å². The molecule has 0 spiro atoms. The summed E-state index contributed by atoms with van der Waals surface area (Å²) in [6.45, 7) is 7.55. The van der Waals surface area contributed by atoms with E-state index in [1.807, 2.05) is 25.1 Å².